The molecule has 0 radical (unpaired) electrons. The second kappa shape index (κ2) is 2.98. The van der Waals surface area contributed by atoms with E-state index in [1.807, 2.05) is 0 Å². The third-order valence-corrected chi connectivity index (χ3v) is 2.78. The zero-order chi connectivity index (χ0) is 9.38. The monoisotopic (exact) mass is 184 g/mol. The summed E-state index contributed by atoms with van der Waals surface area (Å²) in [5.74, 6) is 0. The van der Waals surface area contributed by atoms with Crippen molar-refractivity contribution in [1.29, 1.82) is 0 Å². The Balaban J connectivity index is 2.38. The number of rotatable bonds is 0. The van der Waals surface area contributed by atoms with Crippen LogP contribution < -0.4 is 0 Å². The lowest BCUT2D eigenvalue weighted by atomic mass is 10.0. The highest BCUT2D eigenvalue weighted by atomic mass is 15.1. The van der Waals surface area contributed by atoms with Crippen molar-refractivity contribution in [2.75, 3.05) is 0 Å². The first kappa shape index (κ1) is 7.80. The van der Waals surface area contributed by atoms with E-state index in [1.54, 1.807) is 0 Å². The molecule has 70 valence electrons. The van der Waals surface area contributed by atoms with E-state index in [4.69, 9.17) is 0 Å². The molecule has 0 fully saturated rings. The molecule has 0 saturated carbocycles. The predicted molar refractivity (Wildman–Crippen MR) is 58.1 cm³/mol. The molecule has 1 N–H and O–H groups in total. The maximum absolute atomic E-state index is 4.37. The molecule has 1 aliphatic carbocycles. The largest absolute Gasteiger partial charge is 0.278 e. The first-order chi connectivity index (χ1) is 6.95. The van der Waals surface area contributed by atoms with Gasteiger partial charge in [-0.2, -0.15) is 5.10 Å². The number of hydrogen-bond acceptors (Lipinski definition) is 1. The molecule has 0 unspecified atom stereocenters. The van der Waals surface area contributed by atoms with Gasteiger partial charge in [-0.1, -0.05) is 24.3 Å². The van der Waals surface area contributed by atoms with Gasteiger partial charge in [-0.15, -0.1) is 0 Å². The first-order valence-corrected chi connectivity index (χ1v) is 5.08. The minimum Gasteiger partial charge on any atom is -0.278 e. The fraction of sp³-hybridized carbons (Fsp3) is 0.250. The second-order valence-corrected chi connectivity index (χ2v) is 3.73. The number of aryl methyl sites for hydroxylation is 1. The van der Waals surface area contributed by atoms with Crippen LogP contribution in [0.2, 0.25) is 0 Å². The maximum Gasteiger partial charge on any atom is 0.0707 e. The molecule has 2 nitrogen and oxygen atoms in total. The van der Waals surface area contributed by atoms with Gasteiger partial charge in [-0.3, -0.25) is 5.10 Å². The van der Waals surface area contributed by atoms with Gasteiger partial charge in [0.2, 0.25) is 0 Å². The number of allylic oxidation sites excluding steroid dienone is 1. The highest BCUT2D eigenvalue weighted by molar-refractivity contribution is 5.90. The molecule has 0 amide bonds. The molecule has 3 rings (SSSR count). The van der Waals surface area contributed by atoms with E-state index in [0.717, 1.165) is 18.4 Å². The summed E-state index contributed by atoms with van der Waals surface area (Å²) in [5, 5.41) is 8.77. The molecule has 0 atom stereocenters. The van der Waals surface area contributed by atoms with E-state index in [-0.39, 0.29) is 0 Å². The Kier molecular flexibility index (Phi) is 1.66. The van der Waals surface area contributed by atoms with Crippen LogP contribution in [0.25, 0.3) is 17.0 Å². The van der Waals surface area contributed by atoms with Gasteiger partial charge in [0.25, 0.3) is 0 Å². The topological polar surface area (TPSA) is 28.7 Å². The predicted octanol–water partition coefficient (Wildman–Crippen LogP) is 2.91. The average molecular weight is 184 g/mol. The number of aromatic amines is 1. The van der Waals surface area contributed by atoms with Gasteiger partial charge in [0.15, 0.2) is 0 Å². The third kappa shape index (κ3) is 1.07. The van der Waals surface area contributed by atoms with Crippen LogP contribution in [0.3, 0.4) is 0 Å². The Labute approximate surface area is 82.6 Å². The fourth-order valence-corrected chi connectivity index (χ4v) is 2.09. The summed E-state index contributed by atoms with van der Waals surface area (Å²) in [7, 11) is 0. The van der Waals surface area contributed by atoms with Gasteiger partial charge in [0, 0.05) is 5.39 Å². The molecular weight excluding hydrogens is 172 g/mol. The molecule has 14 heavy (non-hydrogen) atoms. The number of benzene rings is 1. The Hall–Kier alpha value is -1.57. The SMILES string of the molecule is C1=C\c2cccc3[nH]nc(c23)CCC/1. The van der Waals surface area contributed by atoms with Crippen LogP contribution >= 0.6 is 0 Å². The molecule has 2 heteroatoms. The molecule has 0 saturated heterocycles. The van der Waals surface area contributed by atoms with Gasteiger partial charge in [0.1, 0.15) is 0 Å². The highest BCUT2D eigenvalue weighted by Gasteiger charge is 2.09. The molecule has 1 aliphatic rings. The summed E-state index contributed by atoms with van der Waals surface area (Å²) < 4.78 is 0. The van der Waals surface area contributed by atoms with Crippen molar-refractivity contribution >= 4 is 17.0 Å². The number of hydrogen-bond donors (Lipinski definition) is 1. The Morgan fingerprint density at radius 1 is 1.29 bits per heavy atom. The number of aromatic nitrogens is 2. The molecule has 2 aromatic rings. The van der Waals surface area contributed by atoms with Crippen molar-refractivity contribution in [3.8, 4) is 0 Å². The van der Waals surface area contributed by atoms with Gasteiger partial charge < -0.3 is 0 Å². The average Bonchev–Trinajstić information content (AvgIpc) is 2.57. The minimum absolute atomic E-state index is 1.08. The lowest BCUT2D eigenvalue weighted by molar-refractivity contribution is 0.814. The Morgan fingerprint density at radius 2 is 2.29 bits per heavy atom. The maximum atomic E-state index is 4.37. The standard InChI is InChI=1S/C12H12N2/c1-2-5-9-6-4-8-11-12(9)10(7-3-1)13-14-11/h2,4-6,8H,1,3,7H2,(H,13,14)/b5-2-. The van der Waals surface area contributed by atoms with Crippen LogP contribution in [0.15, 0.2) is 24.3 Å². The number of nitrogens with one attached hydrogen (secondary N) is 1. The number of nitrogens with zero attached hydrogens (tertiary/aromatic N) is 1. The van der Waals surface area contributed by atoms with E-state index in [9.17, 15) is 0 Å². The fourth-order valence-electron chi connectivity index (χ4n) is 2.09. The van der Waals surface area contributed by atoms with E-state index in [0.29, 0.717) is 0 Å². The molecule has 1 aromatic carbocycles. The third-order valence-electron chi connectivity index (χ3n) is 2.78. The second-order valence-electron chi connectivity index (χ2n) is 3.73. The van der Waals surface area contributed by atoms with Crippen LogP contribution in [0, 0.1) is 0 Å². The zero-order valence-corrected chi connectivity index (χ0v) is 7.96. The Morgan fingerprint density at radius 3 is 3.29 bits per heavy atom. The van der Waals surface area contributed by atoms with Gasteiger partial charge in [-0.25, -0.2) is 0 Å². The van der Waals surface area contributed by atoms with Crippen molar-refractivity contribution in [3.05, 3.63) is 35.5 Å². The van der Waals surface area contributed by atoms with Crippen LogP contribution in [0.4, 0.5) is 0 Å². The molecular formula is C12H12N2. The highest BCUT2D eigenvalue weighted by Crippen LogP contribution is 2.25. The van der Waals surface area contributed by atoms with Crippen molar-refractivity contribution in [3.63, 3.8) is 0 Å². The van der Waals surface area contributed by atoms with Gasteiger partial charge in [-0.05, 0) is 30.9 Å². The summed E-state index contributed by atoms with van der Waals surface area (Å²) in [6.45, 7) is 0. The molecule has 0 aliphatic heterocycles. The van der Waals surface area contributed by atoms with E-state index in [2.05, 4.69) is 40.5 Å². The first-order valence-electron chi connectivity index (χ1n) is 5.08. The van der Waals surface area contributed by atoms with Crippen molar-refractivity contribution in [2.45, 2.75) is 19.3 Å². The van der Waals surface area contributed by atoms with E-state index < -0.39 is 0 Å². The molecule has 0 spiro atoms. The Bertz CT molecular complexity index is 494. The van der Waals surface area contributed by atoms with Gasteiger partial charge in [0.05, 0.1) is 11.2 Å². The lowest BCUT2D eigenvalue weighted by Gasteiger charge is -2.03. The van der Waals surface area contributed by atoms with E-state index in [1.165, 1.54) is 23.1 Å². The van der Waals surface area contributed by atoms with E-state index >= 15 is 0 Å². The zero-order valence-electron chi connectivity index (χ0n) is 7.96. The smallest absolute Gasteiger partial charge is 0.0707 e. The van der Waals surface area contributed by atoms with Crippen LogP contribution in [-0.4, -0.2) is 10.2 Å². The molecule has 0 bridgehead atoms. The normalized spacial score (nSPS) is 17.7. The lowest BCUT2D eigenvalue weighted by Crippen LogP contribution is -1.89. The minimum atomic E-state index is 1.08. The molecule has 1 heterocycles. The van der Waals surface area contributed by atoms with Crippen LogP contribution in [-0.2, 0) is 6.42 Å². The van der Waals surface area contributed by atoms with Crippen molar-refractivity contribution in [2.24, 2.45) is 0 Å². The molecule has 1 aromatic heterocycles. The number of H-pyrrole nitrogens is 1. The summed E-state index contributed by atoms with van der Waals surface area (Å²) in [4.78, 5) is 0. The summed E-state index contributed by atoms with van der Waals surface area (Å²) >= 11 is 0. The summed E-state index contributed by atoms with van der Waals surface area (Å²) in [6.07, 6.45) is 7.90. The van der Waals surface area contributed by atoms with Gasteiger partial charge >= 0.3 is 0 Å². The van der Waals surface area contributed by atoms with Crippen molar-refractivity contribution < 1.29 is 0 Å². The summed E-state index contributed by atoms with van der Waals surface area (Å²) in [6, 6.07) is 6.32. The summed E-state index contributed by atoms with van der Waals surface area (Å²) in [5.41, 5.74) is 3.68. The van der Waals surface area contributed by atoms with Crippen LogP contribution in [0.5, 0.6) is 0 Å². The van der Waals surface area contributed by atoms with Crippen LogP contribution in [0.1, 0.15) is 24.1 Å². The van der Waals surface area contributed by atoms with Crippen molar-refractivity contribution in [1.82, 2.24) is 10.2 Å². The quantitative estimate of drug-likeness (QED) is 0.670.